The number of rotatable bonds is 5. The van der Waals surface area contributed by atoms with Crippen LogP contribution in [-0.2, 0) is 9.53 Å². The van der Waals surface area contributed by atoms with Crippen LogP contribution in [0, 0.1) is 5.82 Å². The summed E-state index contributed by atoms with van der Waals surface area (Å²) in [4.78, 5) is 42.1. The second-order valence-corrected chi connectivity index (χ2v) is 7.78. The molecule has 0 atom stereocenters. The van der Waals surface area contributed by atoms with Crippen molar-refractivity contribution in [3.05, 3.63) is 71.8 Å². The molecule has 1 fully saturated rings. The molecule has 12 heteroatoms. The van der Waals surface area contributed by atoms with Gasteiger partial charge in [0.25, 0.3) is 5.91 Å². The van der Waals surface area contributed by atoms with Crippen LogP contribution in [0.25, 0.3) is 0 Å². The second-order valence-electron chi connectivity index (χ2n) is 7.35. The molecule has 0 bridgehead atoms. The Morgan fingerprint density at radius 3 is 2.40 bits per heavy atom. The quantitative estimate of drug-likeness (QED) is 0.411. The van der Waals surface area contributed by atoms with Gasteiger partial charge in [0.05, 0.1) is 29.9 Å². The van der Waals surface area contributed by atoms with Crippen molar-refractivity contribution < 1.29 is 23.5 Å². The summed E-state index contributed by atoms with van der Waals surface area (Å²) in [5.74, 6) is -0.991. The van der Waals surface area contributed by atoms with Gasteiger partial charge in [-0.1, -0.05) is 11.6 Å². The number of carbonyl (C=O) groups is 3. The predicted molar refractivity (Wildman–Crippen MR) is 131 cm³/mol. The SMILES string of the molecule is O=C(Nc1ccc(Cl)cc1)Nc1ccncc1NC(=O)Nc1ccc(N2CCOCC2=O)cc1F. The number of amides is 5. The fraction of sp³-hybridized carbons (Fsp3) is 0.130. The summed E-state index contributed by atoms with van der Waals surface area (Å²) in [5.41, 5.74) is 1.25. The van der Waals surface area contributed by atoms with E-state index in [1.54, 1.807) is 24.3 Å². The number of urea groups is 2. The number of pyridine rings is 1. The van der Waals surface area contributed by atoms with E-state index in [-0.39, 0.29) is 29.6 Å². The molecule has 35 heavy (non-hydrogen) atoms. The molecule has 0 saturated carbocycles. The number of ether oxygens (including phenoxy) is 1. The first-order valence-corrected chi connectivity index (χ1v) is 10.8. The lowest BCUT2D eigenvalue weighted by molar-refractivity contribution is -0.125. The highest BCUT2D eigenvalue weighted by Crippen LogP contribution is 2.25. The Kier molecular flexibility index (Phi) is 7.38. The minimum absolute atomic E-state index is 0.0662. The Balaban J connectivity index is 1.39. The van der Waals surface area contributed by atoms with E-state index in [4.69, 9.17) is 16.3 Å². The van der Waals surface area contributed by atoms with Gasteiger partial charge in [0.2, 0.25) is 0 Å². The Morgan fingerprint density at radius 2 is 1.66 bits per heavy atom. The van der Waals surface area contributed by atoms with Gasteiger partial charge in [-0.15, -0.1) is 0 Å². The van der Waals surface area contributed by atoms with Gasteiger partial charge in [-0.05, 0) is 48.5 Å². The normalized spacial score (nSPS) is 13.2. The molecule has 4 N–H and O–H groups in total. The van der Waals surface area contributed by atoms with Gasteiger partial charge in [0.1, 0.15) is 12.4 Å². The van der Waals surface area contributed by atoms with Crippen molar-refractivity contribution in [1.82, 2.24) is 4.98 Å². The second kappa shape index (κ2) is 10.8. The van der Waals surface area contributed by atoms with Crippen LogP contribution in [0.5, 0.6) is 0 Å². The lowest BCUT2D eigenvalue weighted by Crippen LogP contribution is -2.41. The van der Waals surface area contributed by atoms with Crippen LogP contribution in [-0.4, -0.2) is 42.7 Å². The monoisotopic (exact) mass is 498 g/mol. The third-order valence-corrected chi connectivity index (χ3v) is 5.17. The molecule has 2 aromatic carbocycles. The fourth-order valence-corrected chi connectivity index (χ4v) is 3.39. The van der Waals surface area contributed by atoms with Gasteiger partial charge < -0.3 is 30.9 Å². The number of anilines is 5. The Morgan fingerprint density at radius 1 is 0.943 bits per heavy atom. The van der Waals surface area contributed by atoms with Crippen LogP contribution in [0.3, 0.4) is 0 Å². The van der Waals surface area contributed by atoms with Crippen molar-refractivity contribution in [2.45, 2.75) is 0 Å². The highest BCUT2D eigenvalue weighted by molar-refractivity contribution is 6.30. The average Bonchev–Trinajstić information content (AvgIpc) is 2.83. The molecule has 1 aliphatic heterocycles. The van der Waals surface area contributed by atoms with Gasteiger partial charge in [0.15, 0.2) is 0 Å². The molecule has 10 nitrogen and oxygen atoms in total. The smallest absolute Gasteiger partial charge is 0.323 e. The molecule has 2 heterocycles. The molecule has 5 amide bonds. The number of hydrogen-bond donors (Lipinski definition) is 4. The van der Waals surface area contributed by atoms with Crippen molar-refractivity contribution in [3.8, 4) is 0 Å². The maximum atomic E-state index is 14.6. The third kappa shape index (κ3) is 6.22. The minimum Gasteiger partial charge on any atom is -0.370 e. The highest BCUT2D eigenvalue weighted by Gasteiger charge is 2.21. The van der Waals surface area contributed by atoms with Crippen LogP contribution in [0.2, 0.25) is 5.02 Å². The lowest BCUT2D eigenvalue weighted by atomic mass is 10.2. The minimum atomic E-state index is -0.756. The molecular weight excluding hydrogens is 479 g/mol. The topological polar surface area (TPSA) is 125 Å². The maximum absolute atomic E-state index is 14.6. The molecule has 0 unspecified atom stereocenters. The standard InChI is InChI=1S/C23H20ClFN6O4/c24-14-1-3-15(4-2-14)27-22(33)29-19-7-8-26-12-20(19)30-23(34)28-18-6-5-16(11-17(18)25)31-9-10-35-13-21(31)32/h1-8,11-12H,9-10,13H2,(H2,28,30,34)(H2,26,27,29,33). The van der Waals surface area contributed by atoms with E-state index in [1.807, 2.05) is 0 Å². The zero-order chi connectivity index (χ0) is 24.8. The van der Waals surface area contributed by atoms with Crippen LogP contribution in [0.1, 0.15) is 0 Å². The van der Waals surface area contributed by atoms with E-state index in [0.717, 1.165) is 6.07 Å². The summed E-state index contributed by atoms with van der Waals surface area (Å²) in [6, 6.07) is 10.8. The van der Waals surface area contributed by atoms with Gasteiger partial charge >= 0.3 is 12.1 Å². The van der Waals surface area contributed by atoms with Gasteiger partial charge in [-0.3, -0.25) is 9.78 Å². The number of nitrogens with zero attached hydrogens (tertiary/aromatic N) is 2. The molecular formula is C23H20ClFN6O4. The zero-order valence-electron chi connectivity index (χ0n) is 18.2. The Labute approximate surface area is 204 Å². The van der Waals surface area contributed by atoms with E-state index in [1.165, 1.54) is 35.5 Å². The molecule has 0 radical (unpaired) electrons. The molecule has 180 valence electrons. The van der Waals surface area contributed by atoms with E-state index >= 15 is 0 Å². The van der Waals surface area contributed by atoms with Crippen LogP contribution < -0.4 is 26.2 Å². The van der Waals surface area contributed by atoms with E-state index in [0.29, 0.717) is 29.5 Å². The summed E-state index contributed by atoms with van der Waals surface area (Å²) in [6.07, 6.45) is 2.77. The average molecular weight is 499 g/mol. The Bertz CT molecular complexity index is 1260. The van der Waals surface area contributed by atoms with E-state index < -0.39 is 17.9 Å². The molecule has 4 rings (SSSR count). The van der Waals surface area contributed by atoms with Gasteiger partial charge in [0, 0.05) is 29.1 Å². The van der Waals surface area contributed by atoms with Crippen LogP contribution in [0.15, 0.2) is 60.9 Å². The Hall–Kier alpha value is -4.22. The van der Waals surface area contributed by atoms with Gasteiger partial charge in [-0.25, -0.2) is 14.0 Å². The summed E-state index contributed by atoms with van der Waals surface area (Å²) >= 11 is 5.84. The van der Waals surface area contributed by atoms with Crippen molar-refractivity contribution in [3.63, 3.8) is 0 Å². The number of carbonyl (C=O) groups excluding carboxylic acids is 3. The zero-order valence-corrected chi connectivity index (χ0v) is 18.9. The van der Waals surface area contributed by atoms with Crippen molar-refractivity contribution in [1.29, 1.82) is 0 Å². The summed E-state index contributed by atoms with van der Waals surface area (Å²) in [7, 11) is 0. The molecule has 0 aliphatic carbocycles. The molecule has 3 aromatic rings. The summed E-state index contributed by atoms with van der Waals surface area (Å²) in [5, 5.41) is 10.7. The molecule has 1 saturated heterocycles. The number of halogens is 2. The predicted octanol–water partition coefficient (Wildman–Crippen LogP) is 4.53. The largest absolute Gasteiger partial charge is 0.370 e. The highest BCUT2D eigenvalue weighted by atomic mass is 35.5. The number of aromatic nitrogens is 1. The van der Waals surface area contributed by atoms with E-state index in [9.17, 15) is 18.8 Å². The first-order valence-electron chi connectivity index (χ1n) is 10.4. The van der Waals surface area contributed by atoms with Crippen LogP contribution >= 0.6 is 11.6 Å². The first-order chi connectivity index (χ1) is 16.9. The number of hydrogen-bond acceptors (Lipinski definition) is 5. The maximum Gasteiger partial charge on any atom is 0.323 e. The first kappa shape index (κ1) is 23.9. The van der Waals surface area contributed by atoms with Crippen molar-refractivity contribution in [2.24, 2.45) is 0 Å². The molecule has 1 aliphatic rings. The number of benzene rings is 2. The number of morpholine rings is 1. The lowest BCUT2D eigenvalue weighted by Gasteiger charge is -2.27. The summed E-state index contributed by atoms with van der Waals surface area (Å²) in [6.45, 7) is 0.603. The molecule has 1 aromatic heterocycles. The molecule has 0 spiro atoms. The number of nitrogens with one attached hydrogen (secondary N) is 4. The summed E-state index contributed by atoms with van der Waals surface area (Å²) < 4.78 is 19.7. The van der Waals surface area contributed by atoms with Crippen molar-refractivity contribution in [2.75, 3.05) is 45.9 Å². The third-order valence-electron chi connectivity index (χ3n) is 4.92. The van der Waals surface area contributed by atoms with Crippen molar-refractivity contribution >= 4 is 58.0 Å². The van der Waals surface area contributed by atoms with E-state index in [2.05, 4.69) is 26.3 Å². The van der Waals surface area contributed by atoms with Crippen LogP contribution in [0.4, 0.5) is 42.4 Å². The fourth-order valence-electron chi connectivity index (χ4n) is 3.26. The van der Waals surface area contributed by atoms with Gasteiger partial charge in [-0.2, -0.15) is 0 Å².